The van der Waals surface area contributed by atoms with Crippen molar-refractivity contribution in [2.24, 2.45) is 17.4 Å². The van der Waals surface area contributed by atoms with Crippen LogP contribution < -0.4 is 16.8 Å². The van der Waals surface area contributed by atoms with E-state index in [9.17, 15) is 19.5 Å². The van der Waals surface area contributed by atoms with E-state index in [2.05, 4.69) is 5.32 Å². The summed E-state index contributed by atoms with van der Waals surface area (Å²) < 4.78 is 0. The SMILES string of the molecule is CC[C@H](C)[C@H](N)C(=O)N[C@@H](CCCCN)C(=O)N1CCC[C@@H]1C(=O)O. The maximum absolute atomic E-state index is 12.8. The number of nitrogens with one attached hydrogen (secondary N) is 1. The second-order valence-electron chi connectivity index (χ2n) is 6.78. The number of nitrogens with zero attached hydrogens (tertiary/aromatic N) is 1. The van der Waals surface area contributed by atoms with E-state index in [0.29, 0.717) is 38.8 Å². The zero-order chi connectivity index (χ0) is 19.0. The zero-order valence-electron chi connectivity index (χ0n) is 15.2. The highest BCUT2D eigenvalue weighted by atomic mass is 16.4. The molecule has 0 aromatic carbocycles. The summed E-state index contributed by atoms with van der Waals surface area (Å²) in [6, 6.07) is -2.26. The molecule has 0 radical (unpaired) electrons. The molecule has 0 unspecified atom stereocenters. The highest BCUT2D eigenvalue weighted by Gasteiger charge is 2.37. The maximum Gasteiger partial charge on any atom is 0.326 e. The molecule has 0 aromatic heterocycles. The van der Waals surface area contributed by atoms with E-state index in [1.54, 1.807) is 0 Å². The average molecular weight is 356 g/mol. The molecule has 1 aliphatic rings. The van der Waals surface area contributed by atoms with E-state index in [-0.39, 0.29) is 17.7 Å². The Kier molecular flexibility index (Phi) is 8.85. The Hall–Kier alpha value is -1.67. The van der Waals surface area contributed by atoms with Crippen LogP contribution in [0.4, 0.5) is 0 Å². The van der Waals surface area contributed by atoms with Crippen molar-refractivity contribution in [1.82, 2.24) is 10.2 Å². The molecule has 1 fully saturated rings. The Morgan fingerprint density at radius 2 is 2.00 bits per heavy atom. The molecule has 25 heavy (non-hydrogen) atoms. The molecule has 6 N–H and O–H groups in total. The summed E-state index contributed by atoms with van der Waals surface area (Å²) in [6.07, 6.45) is 3.69. The fourth-order valence-corrected chi connectivity index (χ4v) is 3.02. The molecular weight excluding hydrogens is 324 g/mol. The van der Waals surface area contributed by atoms with Crippen molar-refractivity contribution in [3.8, 4) is 0 Å². The minimum atomic E-state index is -1.01. The lowest BCUT2D eigenvalue weighted by Gasteiger charge is -2.28. The van der Waals surface area contributed by atoms with Crippen LogP contribution in [-0.2, 0) is 14.4 Å². The molecule has 0 spiro atoms. The van der Waals surface area contributed by atoms with Crippen molar-refractivity contribution in [2.45, 2.75) is 70.5 Å². The van der Waals surface area contributed by atoms with E-state index < -0.39 is 24.1 Å². The Labute approximate surface area is 149 Å². The lowest BCUT2D eigenvalue weighted by molar-refractivity contribution is -0.149. The van der Waals surface area contributed by atoms with Gasteiger partial charge in [0.15, 0.2) is 0 Å². The van der Waals surface area contributed by atoms with Gasteiger partial charge in [0, 0.05) is 6.54 Å². The van der Waals surface area contributed by atoms with Crippen LogP contribution in [0.2, 0.25) is 0 Å². The number of amides is 2. The summed E-state index contributed by atoms with van der Waals surface area (Å²) in [4.78, 5) is 37.9. The first-order chi connectivity index (χ1) is 11.8. The summed E-state index contributed by atoms with van der Waals surface area (Å²) in [5.74, 6) is -1.72. The normalized spacial score (nSPS) is 20.8. The van der Waals surface area contributed by atoms with Crippen molar-refractivity contribution < 1.29 is 19.5 Å². The van der Waals surface area contributed by atoms with Crippen molar-refractivity contribution in [3.63, 3.8) is 0 Å². The Morgan fingerprint density at radius 1 is 1.32 bits per heavy atom. The number of hydrogen-bond acceptors (Lipinski definition) is 5. The van der Waals surface area contributed by atoms with E-state index >= 15 is 0 Å². The van der Waals surface area contributed by atoms with Crippen LogP contribution in [0, 0.1) is 5.92 Å². The Bertz CT molecular complexity index is 472. The van der Waals surface area contributed by atoms with Crippen molar-refractivity contribution >= 4 is 17.8 Å². The van der Waals surface area contributed by atoms with E-state index in [0.717, 1.165) is 12.8 Å². The standard InChI is InChI=1S/C17H32N4O4/c1-3-11(2)14(19)15(22)20-12(7-4-5-9-18)16(23)21-10-6-8-13(21)17(24)25/h11-14H,3-10,18-19H2,1-2H3,(H,20,22)(H,24,25)/t11-,12-,13+,14-/m0/s1. The number of aliphatic carboxylic acids is 1. The number of carbonyl (C=O) groups is 3. The molecule has 0 aliphatic carbocycles. The predicted octanol–water partition coefficient (Wildman–Crippen LogP) is 0.0492. The number of carboxylic acids is 1. The summed E-state index contributed by atoms with van der Waals surface area (Å²) >= 11 is 0. The first kappa shape index (κ1) is 21.4. The number of likely N-dealkylation sites (tertiary alicyclic amines) is 1. The van der Waals surface area contributed by atoms with Crippen LogP contribution in [0.25, 0.3) is 0 Å². The van der Waals surface area contributed by atoms with Crippen LogP contribution in [0.1, 0.15) is 52.4 Å². The van der Waals surface area contributed by atoms with Crippen LogP contribution in [0.15, 0.2) is 0 Å². The van der Waals surface area contributed by atoms with Gasteiger partial charge in [0.1, 0.15) is 12.1 Å². The molecule has 4 atom stereocenters. The summed E-state index contributed by atoms with van der Waals surface area (Å²) in [5, 5.41) is 12.0. The molecule has 0 bridgehead atoms. The number of hydrogen-bond donors (Lipinski definition) is 4. The number of carboxylic acid groups (broad SMARTS) is 1. The molecule has 1 aliphatic heterocycles. The molecule has 1 rings (SSSR count). The minimum Gasteiger partial charge on any atom is -0.480 e. The second kappa shape index (κ2) is 10.4. The van der Waals surface area contributed by atoms with Crippen LogP contribution in [-0.4, -0.2) is 59.0 Å². The van der Waals surface area contributed by atoms with Crippen LogP contribution in [0.5, 0.6) is 0 Å². The zero-order valence-corrected chi connectivity index (χ0v) is 15.2. The lowest BCUT2D eigenvalue weighted by Crippen LogP contribution is -2.55. The van der Waals surface area contributed by atoms with Gasteiger partial charge in [-0.1, -0.05) is 20.3 Å². The van der Waals surface area contributed by atoms with Crippen molar-refractivity contribution in [1.29, 1.82) is 0 Å². The van der Waals surface area contributed by atoms with Gasteiger partial charge < -0.3 is 26.8 Å². The van der Waals surface area contributed by atoms with Gasteiger partial charge in [-0.05, 0) is 44.6 Å². The molecule has 0 aromatic rings. The van der Waals surface area contributed by atoms with Gasteiger partial charge >= 0.3 is 5.97 Å². The van der Waals surface area contributed by atoms with Crippen LogP contribution >= 0.6 is 0 Å². The summed E-state index contributed by atoms with van der Waals surface area (Å²) in [5.41, 5.74) is 11.5. The lowest BCUT2D eigenvalue weighted by atomic mass is 9.98. The molecule has 8 heteroatoms. The van der Waals surface area contributed by atoms with Gasteiger partial charge in [-0.3, -0.25) is 9.59 Å². The largest absolute Gasteiger partial charge is 0.480 e. The molecular formula is C17H32N4O4. The van der Waals surface area contributed by atoms with Crippen LogP contribution in [0.3, 0.4) is 0 Å². The van der Waals surface area contributed by atoms with Crippen molar-refractivity contribution in [2.75, 3.05) is 13.1 Å². The fourth-order valence-electron chi connectivity index (χ4n) is 3.02. The first-order valence-electron chi connectivity index (χ1n) is 9.12. The van der Waals surface area contributed by atoms with E-state index in [1.807, 2.05) is 13.8 Å². The first-order valence-corrected chi connectivity index (χ1v) is 9.12. The van der Waals surface area contributed by atoms with Gasteiger partial charge in [0.25, 0.3) is 0 Å². The van der Waals surface area contributed by atoms with Gasteiger partial charge in [-0.15, -0.1) is 0 Å². The smallest absolute Gasteiger partial charge is 0.326 e. The highest BCUT2D eigenvalue weighted by molar-refractivity contribution is 5.92. The number of carbonyl (C=O) groups excluding carboxylic acids is 2. The third kappa shape index (κ3) is 5.97. The van der Waals surface area contributed by atoms with Gasteiger partial charge in [0.2, 0.25) is 11.8 Å². The molecule has 2 amide bonds. The molecule has 8 nitrogen and oxygen atoms in total. The highest BCUT2D eigenvalue weighted by Crippen LogP contribution is 2.20. The van der Waals surface area contributed by atoms with Gasteiger partial charge in [-0.2, -0.15) is 0 Å². The Balaban J connectivity index is 2.82. The number of rotatable bonds is 10. The maximum atomic E-state index is 12.8. The molecule has 1 saturated heterocycles. The third-order valence-corrected chi connectivity index (χ3v) is 4.94. The van der Waals surface area contributed by atoms with E-state index in [1.165, 1.54) is 4.90 Å². The van der Waals surface area contributed by atoms with Gasteiger partial charge in [-0.25, -0.2) is 4.79 Å². The summed E-state index contributed by atoms with van der Waals surface area (Å²) in [7, 11) is 0. The molecule has 0 saturated carbocycles. The monoisotopic (exact) mass is 356 g/mol. The minimum absolute atomic E-state index is 0.00153. The molecule has 144 valence electrons. The third-order valence-electron chi connectivity index (χ3n) is 4.94. The van der Waals surface area contributed by atoms with Crippen molar-refractivity contribution in [3.05, 3.63) is 0 Å². The summed E-state index contributed by atoms with van der Waals surface area (Å²) in [6.45, 7) is 4.74. The average Bonchev–Trinajstić information content (AvgIpc) is 3.08. The Morgan fingerprint density at radius 3 is 2.56 bits per heavy atom. The van der Waals surface area contributed by atoms with Gasteiger partial charge in [0.05, 0.1) is 6.04 Å². The fraction of sp³-hybridized carbons (Fsp3) is 0.824. The number of unbranched alkanes of at least 4 members (excludes halogenated alkanes) is 1. The number of nitrogens with two attached hydrogens (primary N) is 2. The second-order valence-corrected chi connectivity index (χ2v) is 6.78. The van der Waals surface area contributed by atoms with E-state index in [4.69, 9.17) is 11.5 Å². The quantitative estimate of drug-likeness (QED) is 0.408. The predicted molar refractivity (Wildman–Crippen MR) is 94.6 cm³/mol. The molecule has 1 heterocycles. The topological polar surface area (TPSA) is 139 Å².